The average Bonchev–Trinajstić information content (AvgIpc) is 2.35. The molecule has 1 aliphatic carbocycles. The van der Waals surface area contributed by atoms with Crippen LogP contribution in [-0.4, -0.2) is 13.7 Å². The lowest BCUT2D eigenvalue weighted by Gasteiger charge is -2.25. The predicted octanol–water partition coefficient (Wildman–Crippen LogP) is 2.85. The highest BCUT2D eigenvalue weighted by Gasteiger charge is 2.18. The van der Waals surface area contributed by atoms with Crippen molar-refractivity contribution in [2.75, 3.05) is 13.7 Å². The minimum Gasteiger partial charge on any atom is -0.490 e. The number of benzene rings is 1. The standard InChI is InChI=1S/C14H19NO/c1-3-9-16-12-7-8-13-11(10-12)5-4-6-14(13)15-2/h3,7-8,10,14-15H,1,4-6,9H2,2H3. The largest absolute Gasteiger partial charge is 0.490 e. The van der Waals surface area contributed by atoms with E-state index in [-0.39, 0.29) is 0 Å². The van der Waals surface area contributed by atoms with Crippen molar-refractivity contribution in [2.24, 2.45) is 0 Å². The van der Waals surface area contributed by atoms with Gasteiger partial charge in [-0.1, -0.05) is 18.7 Å². The third-order valence-corrected chi connectivity index (χ3v) is 3.15. The summed E-state index contributed by atoms with van der Waals surface area (Å²) >= 11 is 0. The maximum Gasteiger partial charge on any atom is 0.120 e. The average molecular weight is 217 g/mol. The third kappa shape index (κ3) is 2.27. The summed E-state index contributed by atoms with van der Waals surface area (Å²) in [4.78, 5) is 0. The Balaban J connectivity index is 2.21. The monoisotopic (exact) mass is 217 g/mol. The summed E-state index contributed by atoms with van der Waals surface area (Å²) in [7, 11) is 2.03. The van der Waals surface area contributed by atoms with Gasteiger partial charge in [-0.15, -0.1) is 0 Å². The molecule has 2 heteroatoms. The minimum absolute atomic E-state index is 0.511. The van der Waals surface area contributed by atoms with Crippen molar-refractivity contribution in [3.63, 3.8) is 0 Å². The Labute approximate surface area is 97.3 Å². The summed E-state index contributed by atoms with van der Waals surface area (Å²) in [6.45, 7) is 4.23. The Morgan fingerprint density at radius 2 is 2.44 bits per heavy atom. The van der Waals surface area contributed by atoms with Crippen LogP contribution in [0.4, 0.5) is 0 Å². The summed E-state index contributed by atoms with van der Waals surface area (Å²) in [6.07, 6.45) is 5.43. The van der Waals surface area contributed by atoms with Gasteiger partial charge in [0.1, 0.15) is 12.4 Å². The quantitative estimate of drug-likeness (QED) is 0.783. The van der Waals surface area contributed by atoms with E-state index in [2.05, 4.69) is 30.1 Å². The second kappa shape index (κ2) is 5.17. The zero-order valence-electron chi connectivity index (χ0n) is 9.83. The molecule has 0 fully saturated rings. The molecule has 1 unspecified atom stereocenters. The van der Waals surface area contributed by atoms with Crippen LogP contribution in [0.2, 0.25) is 0 Å². The molecule has 1 atom stereocenters. The highest BCUT2D eigenvalue weighted by molar-refractivity contribution is 5.39. The SMILES string of the molecule is C=CCOc1ccc2c(c1)CCCC2NC. The summed E-state index contributed by atoms with van der Waals surface area (Å²) in [5.41, 5.74) is 2.85. The molecule has 0 bridgehead atoms. The first-order valence-electron chi connectivity index (χ1n) is 5.89. The van der Waals surface area contributed by atoms with Crippen LogP contribution in [0, 0.1) is 0 Å². The second-order valence-electron chi connectivity index (χ2n) is 4.19. The van der Waals surface area contributed by atoms with E-state index in [9.17, 15) is 0 Å². The topological polar surface area (TPSA) is 21.3 Å². The highest BCUT2D eigenvalue weighted by atomic mass is 16.5. The van der Waals surface area contributed by atoms with Gasteiger partial charge in [-0.05, 0) is 49.6 Å². The zero-order chi connectivity index (χ0) is 11.4. The molecular formula is C14H19NO. The van der Waals surface area contributed by atoms with Crippen molar-refractivity contribution < 1.29 is 4.74 Å². The molecule has 0 amide bonds. The molecule has 1 N–H and O–H groups in total. The maximum absolute atomic E-state index is 5.55. The first kappa shape index (κ1) is 11.2. The van der Waals surface area contributed by atoms with Crippen molar-refractivity contribution in [3.05, 3.63) is 42.0 Å². The van der Waals surface area contributed by atoms with Crippen LogP contribution in [0.5, 0.6) is 5.75 Å². The molecule has 1 aromatic rings. The second-order valence-corrected chi connectivity index (χ2v) is 4.19. The summed E-state index contributed by atoms with van der Waals surface area (Å²) in [6, 6.07) is 6.92. The number of ether oxygens (including phenoxy) is 1. The van der Waals surface area contributed by atoms with Crippen molar-refractivity contribution in [3.8, 4) is 5.75 Å². The molecule has 0 spiro atoms. The fraction of sp³-hybridized carbons (Fsp3) is 0.429. The van der Waals surface area contributed by atoms with Crippen molar-refractivity contribution in [1.82, 2.24) is 5.32 Å². The number of aryl methyl sites for hydroxylation is 1. The van der Waals surface area contributed by atoms with E-state index >= 15 is 0 Å². The van der Waals surface area contributed by atoms with E-state index in [1.165, 1.54) is 30.4 Å². The fourth-order valence-electron chi connectivity index (χ4n) is 2.34. The summed E-state index contributed by atoms with van der Waals surface area (Å²) in [5.74, 6) is 0.954. The summed E-state index contributed by atoms with van der Waals surface area (Å²) in [5, 5.41) is 3.37. The van der Waals surface area contributed by atoms with Gasteiger partial charge in [0, 0.05) is 6.04 Å². The molecule has 86 valence electrons. The molecule has 2 nitrogen and oxygen atoms in total. The number of rotatable bonds is 4. The molecule has 0 radical (unpaired) electrons. The Morgan fingerprint density at radius 1 is 1.56 bits per heavy atom. The van der Waals surface area contributed by atoms with E-state index in [0.29, 0.717) is 12.6 Å². The Kier molecular flexibility index (Phi) is 3.62. The molecule has 2 rings (SSSR count). The molecule has 0 saturated carbocycles. The molecule has 0 heterocycles. The van der Waals surface area contributed by atoms with Crippen LogP contribution < -0.4 is 10.1 Å². The number of hydrogen-bond donors (Lipinski definition) is 1. The van der Waals surface area contributed by atoms with Crippen LogP contribution in [0.3, 0.4) is 0 Å². The van der Waals surface area contributed by atoms with Crippen LogP contribution in [0.1, 0.15) is 30.0 Å². The Morgan fingerprint density at radius 3 is 3.19 bits per heavy atom. The minimum atomic E-state index is 0.511. The van der Waals surface area contributed by atoms with E-state index in [0.717, 1.165) is 5.75 Å². The summed E-state index contributed by atoms with van der Waals surface area (Å²) < 4.78 is 5.55. The van der Waals surface area contributed by atoms with Crippen molar-refractivity contribution in [1.29, 1.82) is 0 Å². The Bertz CT molecular complexity index is 373. The van der Waals surface area contributed by atoms with Crippen LogP contribution >= 0.6 is 0 Å². The van der Waals surface area contributed by atoms with Gasteiger partial charge in [0.25, 0.3) is 0 Å². The fourth-order valence-corrected chi connectivity index (χ4v) is 2.34. The van der Waals surface area contributed by atoms with Gasteiger partial charge in [-0.25, -0.2) is 0 Å². The molecule has 0 saturated heterocycles. The Hall–Kier alpha value is -1.28. The molecule has 0 aromatic heterocycles. The van der Waals surface area contributed by atoms with Gasteiger partial charge in [-0.2, -0.15) is 0 Å². The van der Waals surface area contributed by atoms with Gasteiger partial charge in [0.2, 0.25) is 0 Å². The molecule has 1 aliphatic rings. The first-order chi connectivity index (χ1) is 7.85. The zero-order valence-corrected chi connectivity index (χ0v) is 9.83. The van der Waals surface area contributed by atoms with Gasteiger partial charge < -0.3 is 10.1 Å². The number of nitrogens with one attached hydrogen (secondary N) is 1. The molecule has 16 heavy (non-hydrogen) atoms. The molecule has 1 aromatic carbocycles. The van der Waals surface area contributed by atoms with E-state index in [1.807, 2.05) is 7.05 Å². The number of fused-ring (bicyclic) bond motifs is 1. The lowest BCUT2D eigenvalue weighted by Crippen LogP contribution is -2.21. The van der Waals surface area contributed by atoms with Gasteiger partial charge in [0.15, 0.2) is 0 Å². The predicted molar refractivity (Wildman–Crippen MR) is 66.9 cm³/mol. The van der Waals surface area contributed by atoms with Gasteiger partial charge in [-0.3, -0.25) is 0 Å². The van der Waals surface area contributed by atoms with Crippen molar-refractivity contribution in [2.45, 2.75) is 25.3 Å². The smallest absolute Gasteiger partial charge is 0.120 e. The lowest BCUT2D eigenvalue weighted by molar-refractivity contribution is 0.361. The van der Waals surface area contributed by atoms with Gasteiger partial charge >= 0.3 is 0 Å². The normalized spacial score (nSPS) is 18.9. The van der Waals surface area contributed by atoms with Crippen LogP contribution in [0.25, 0.3) is 0 Å². The first-order valence-corrected chi connectivity index (χ1v) is 5.89. The van der Waals surface area contributed by atoms with E-state index < -0.39 is 0 Å². The molecule has 0 aliphatic heterocycles. The van der Waals surface area contributed by atoms with Gasteiger partial charge in [0.05, 0.1) is 0 Å². The number of hydrogen-bond acceptors (Lipinski definition) is 2. The third-order valence-electron chi connectivity index (χ3n) is 3.15. The highest BCUT2D eigenvalue weighted by Crippen LogP contribution is 2.31. The molecular weight excluding hydrogens is 198 g/mol. The van der Waals surface area contributed by atoms with Crippen molar-refractivity contribution >= 4 is 0 Å². The van der Waals surface area contributed by atoms with Crippen LogP contribution in [-0.2, 0) is 6.42 Å². The van der Waals surface area contributed by atoms with Crippen LogP contribution in [0.15, 0.2) is 30.9 Å². The van der Waals surface area contributed by atoms with E-state index in [1.54, 1.807) is 6.08 Å². The van der Waals surface area contributed by atoms with E-state index in [4.69, 9.17) is 4.74 Å². The lowest BCUT2D eigenvalue weighted by atomic mass is 9.87. The maximum atomic E-state index is 5.55.